The molecule has 0 aromatic heterocycles. The van der Waals surface area contributed by atoms with Gasteiger partial charge in [-0.15, -0.1) is 0 Å². The van der Waals surface area contributed by atoms with Crippen LogP contribution in [0.4, 0.5) is 5.69 Å². The normalized spacial score (nSPS) is 11.1. The number of benzene rings is 1. The summed E-state index contributed by atoms with van der Waals surface area (Å²) in [5, 5.41) is 12.8. The van der Waals surface area contributed by atoms with Crippen molar-refractivity contribution in [3.63, 3.8) is 0 Å². The van der Waals surface area contributed by atoms with Gasteiger partial charge in [-0.1, -0.05) is 25.4 Å². The molecule has 0 aliphatic carbocycles. The number of hydrogen-bond acceptors (Lipinski definition) is 3. The molecule has 1 aromatic carbocycles. The van der Waals surface area contributed by atoms with Crippen molar-refractivity contribution in [3.05, 3.63) is 23.2 Å². The molecule has 100 valence electrons. The van der Waals surface area contributed by atoms with E-state index in [9.17, 15) is 9.90 Å². The molecule has 0 unspecified atom stereocenters. The van der Waals surface area contributed by atoms with Crippen LogP contribution in [0, 0.1) is 0 Å². The van der Waals surface area contributed by atoms with Gasteiger partial charge in [-0.3, -0.25) is 0 Å². The first kappa shape index (κ1) is 14.6. The second-order valence-electron chi connectivity index (χ2n) is 4.07. The molecule has 0 saturated carbocycles. The zero-order chi connectivity index (χ0) is 13.8. The third kappa shape index (κ3) is 2.88. The molecule has 0 radical (unpaired) electrons. The van der Waals surface area contributed by atoms with E-state index in [1.54, 1.807) is 18.2 Å². The summed E-state index contributed by atoms with van der Waals surface area (Å²) in [5.41, 5.74) is -0.287. The predicted octanol–water partition coefficient (Wildman–Crippen LogP) is 3.40. The van der Waals surface area contributed by atoms with Gasteiger partial charge in [0.15, 0.2) is 0 Å². The maximum atomic E-state index is 11.4. The minimum atomic E-state index is -0.960. The van der Waals surface area contributed by atoms with E-state index in [1.807, 2.05) is 13.8 Å². The van der Waals surface area contributed by atoms with Crippen LogP contribution in [-0.2, 0) is 4.79 Å². The molecule has 0 spiro atoms. The van der Waals surface area contributed by atoms with Crippen LogP contribution in [-0.4, -0.2) is 23.7 Å². The quantitative estimate of drug-likeness (QED) is 0.832. The number of methoxy groups -OCH3 is 1. The lowest BCUT2D eigenvalue weighted by Gasteiger charge is -2.29. The molecule has 0 aliphatic rings. The first-order chi connectivity index (χ1) is 8.49. The van der Waals surface area contributed by atoms with Crippen LogP contribution < -0.4 is 10.1 Å². The van der Waals surface area contributed by atoms with Gasteiger partial charge in [0.05, 0.1) is 12.1 Å². The minimum Gasteiger partial charge on any atom is -0.495 e. The molecule has 2 N–H and O–H groups in total. The summed E-state index contributed by atoms with van der Waals surface area (Å²) in [5.74, 6) is -0.296. The van der Waals surface area contributed by atoms with Gasteiger partial charge in [-0.25, -0.2) is 4.79 Å². The van der Waals surface area contributed by atoms with Gasteiger partial charge in [0.1, 0.15) is 11.3 Å². The summed E-state index contributed by atoms with van der Waals surface area (Å²) in [6, 6.07) is 5.14. The lowest BCUT2D eigenvalue weighted by atomic mass is 9.92. The van der Waals surface area contributed by atoms with Crippen molar-refractivity contribution in [2.75, 3.05) is 12.4 Å². The monoisotopic (exact) mass is 271 g/mol. The highest BCUT2D eigenvalue weighted by Gasteiger charge is 2.34. The molecule has 0 amide bonds. The maximum Gasteiger partial charge on any atom is 0.329 e. The number of aliphatic carboxylic acids is 1. The summed E-state index contributed by atoms with van der Waals surface area (Å²) in [7, 11) is 1.54. The van der Waals surface area contributed by atoms with Crippen molar-refractivity contribution in [2.24, 2.45) is 0 Å². The molecular weight excluding hydrogens is 254 g/mol. The number of halogens is 1. The molecule has 0 heterocycles. The Bertz CT molecular complexity index is 430. The van der Waals surface area contributed by atoms with E-state index >= 15 is 0 Å². The predicted molar refractivity (Wildman–Crippen MR) is 72.6 cm³/mol. The Labute approximate surface area is 112 Å². The summed E-state index contributed by atoms with van der Waals surface area (Å²) < 4.78 is 5.05. The van der Waals surface area contributed by atoms with E-state index in [-0.39, 0.29) is 0 Å². The summed E-state index contributed by atoms with van der Waals surface area (Å²) in [6.45, 7) is 3.69. The lowest BCUT2D eigenvalue weighted by Crippen LogP contribution is -2.45. The van der Waals surface area contributed by atoms with Crippen molar-refractivity contribution in [3.8, 4) is 5.75 Å². The van der Waals surface area contributed by atoms with Crippen molar-refractivity contribution < 1.29 is 14.6 Å². The zero-order valence-electron chi connectivity index (χ0n) is 10.8. The number of carboxylic acids is 1. The van der Waals surface area contributed by atoms with Gasteiger partial charge in [-0.2, -0.15) is 0 Å². The molecule has 4 nitrogen and oxygen atoms in total. The Kier molecular flexibility index (Phi) is 4.84. The van der Waals surface area contributed by atoms with Crippen LogP contribution >= 0.6 is 11.6 Å². The molecular formula is C13H18ClNO3. The number of hydrogen-bond donors (Lipinski definition) is 2. The Morgan fingerprint density at radius 3 is 2.44 bits per heavy atom. The van der Waals surface area contributed by atoms with Gasteiger partial charge >= 0.3 is 5.97 Å². The fourth-order valence-electron chi connectivity index (χ4n) is 1.80. The molecule has 0 bridgehead atoms. The van der Waals surface area contributed by atoms with Gasteiger partial charge in [-0.05, 0) is 31.0 Å². The van der Waals surface area contributed by atoms with Crippen LogP contribution in [0.25, 0.3) is 0 Å². The zero-order valence-corrected chi connectivity index (χ0v) is 11.5. The van der Waals surface area contributed by atoms with E-state index < -0.39 is 11.5 Å². The highest BCUT2D eigenvalue weighted by Crippen LogP contribution is 2.30. The molecule has 1 aromatic rings. The summed E-state index contributed by atoms with van der Waals surface area (Å²) >= 11 is 6.01. The standard InChI is InChI=1S/C13H18ClNO3/c1-4-13(5-2,12(16)17)15-9-6-7-11(18-3)10(14)8-9/h6-8,15H,4-5H2,1-3H3,(H,16,17). The van der Waals surface area contributed by atoms with Gasteiger partial charge < -0.3 is 15.2 Å². The average Bonchev–Trinajstić information content (AvgIpc) is 2.36. The van der Waals surface area contributed by atoms with Crippen LogP contribution in [0.5, 0.6) is 5.75 Å². The number of ether oxygens (including phenoxy) is 1. The van der Waals surface area contributed by atoms with Crippen LogP contribution in [0.1, 0.15) is 26.7 Å². The fraction of sp³-hybridized carbons (Fsp3) is 0.462. The minimum absolute atomic E-state index is 0.453. The van der Waals surface area contributed by atoms with Crippen molar-refractivity contribution >= 4 is 23.3 Å². The lowest BCUT2D eigenvalue weighted by molar-refractivity contribution is -0.142. The molecule has 18 heavy (non-hydrogen) atoms. The molecule has 5 heteroatoms. The van der Waals surface area contributed by atoms with Gasteiger partial charge in [0.2, 0.25) is 0 Å². The third-order valence-corrected chi connectivity index (χ3v) is 3.45. The molecule has 0 saturated heterocycles. The number of anilines is 1. The third-order valence-electron chi connectivity index (χ3n) is 3.15. The fourth-order valence-corrected chi connectivity index (χ4v) is 2.06. The van der Waals surface area contributed by atoms with Crippen molar-refractivity contribution in [2.45, 2.75) is 32.2 Å². The van der Waals surface area contributed by atoms with E-state index in [0.717, 1.165) is 0 Å². The Morgan fingerprint density at radius 2 is 2.06 bits per heavy atom. The Hall–Kier alpha value is -1.42. The van der Waals surface area contributed by atoms with Gasteiger partial charge in [0.25, 0.3) is 0 Å². The largest absolute Gasteiger partial charge is 0.495 e. The highest BCUT2D eigenvalue weighted by molar-refractivity contribution is 6.32. The van der Waals surface area contributed by atoms with E-state index in [1.165, 1.54) is 7.11 Å². The van der Waals surface area contributed by atoms with E-state index in [4.69, 9.17) is 16.3 Å². The number of rotatable bonds is 6. The molecule has 0 aliphatic heterocycles. The second-order valence-corrected chi connectivity index (χ2v) is 4.48. The van der Waals surface area contributed by atoms with E-state index in [2.05, 4.69) is 5.32 Å². The van der Waals surface area contributed by atoms with Gasteiger partial charge in [0, 0.05) is 5.69 Å². The number of carbonyl (C=O) groups is 1. The summed E-state index contributed by atoms with van der Waals surface area (Å²) in [6.07, 6.45) is 0.977. The first-order valence-corrected chi connectivity index (χ1v) is 6.22. The Morgan fingerprint density at radius 1 is 1.44 bits per heavy atom. The van der Waals surface area contributed by atoms with E-state index in [0.29, 0.717) is 29.3 Å². The smallest absolute Gasteiger partial charge is 0.329 e. The average molecular weight is 272 g/mol. The van der Waals surface area contributed by atoms with Crippen LogP contribution in [0.2, 0.25) is 5.02 Å². The Balaban J connectivity index is 3.02. The van der Waals surface area contributed by atoms with Crippen LogP contribution in [0.3, 0.4) is 0 Å². The number of nitrogens with one attached hydrogen (secondary N) is 1. The molecule has 1 rings (SSSR count). The number of carboxylic acid groups (broad SMARTS) is 1. The van der Waals surface area contributed by atoms with Crippen molar-refractivity contribution in [1.82, 2.24) is 0 Å². The second kappa shape index (κ2) is 5.96. The topological polar surface area (TPSA) is 58.6 Å². The van der Waals surface area contributed by atoms with Crippen LogP contribution in [0.15, 0.2) is 18.2 Å². The maximum absolute atomic E-state index is 11.4. The summed E-state index contributed by atoms with van der Waals surface area (Å²) in [4.78, 5) is 11.4. The first-order valence-electron chi connectivity index (χ1n) is 5.84. The molecule has 0 atom stereocenters. The SMILES string of the molecule is CCC(CC)(Nc1ccc(OC)c(Cl)c1)C(=O)O. The van der Waals surface area contributed by atoms with Crippen molar-refractivity contribution in [1.29, 1.82) is 0 Å². The highest BCUT2D eigenvalue weighted by atomic mass is 35.5. The molecule has 0 fully saturated rings.